The zero-order valence-electron chi connectivity index (χ0n) is 8.57. The lowest BCUT2D eigenvalue weighted by molar-refractivity contribution is 0.423. The second kappa shape index (κ2) is 4.91. The number of hydrogen-bond acceptors (Lipinski definition) is 2. The molecular weight excluding hydrogens is 240 g/mol. The van der Waals surface area contributed by atoms with Crippen molar-refractivity contribution in [1.29, 1.82) is 0 Å². The minimum Gasteiger partial charge on any atom is -0.326 e. The Labute approximate surface area is 93.8 Å². The summed E-state index contributed by atoms with van der Waals surface area (Å²) in [4.78, 5) is 0. The summed E-state index contributed by atoms with van der Waals surface area (Å²) in [6, 6.07) is 7.91. The van der Waals surface area contributed by atoms with E-state index in [2.05, 4.69) is 29.8 Å². The van der Waals surface area contributed by atoms with Gasteiger partial charge in [-0.2, -0.15) is 0 Å². The van der Waals surface area contributed by atoms with Gasteiger partial charge in [0.25, 0.3) is 0 Å². The van der Waals surface area contributed by atoms with Gasteiger partial charge < -0.3 is 11.5 Å². The fourth-order valence-electron chi connectivity index (χ4n) is 1.35. The molecule has 0 aliphatic rings. The van der Waals surface area contributed by atoms with E-state index in [4.69, 9.17) is 11.5 Å². The van der Waals surface area contributed by atoms with Crippen LogP contribution in [0.5, 0.6) is 0 Å². The van der Waals surface area contributed by atoms with E-state index in [-0.39, 0.29) is 12.1 Å². The van der Waals surface area contributed by atoms with Gasteiger partial charge in [0, 0.05) is 16.6 Å². The van der Waals surface area contributed by atoms with Crippen LogP contribution in [0.2, 0.25) is 0 Å². The van der Waals surface area contributed by atoms with Gasteiger partial charge in [-0.05, 0) is 23.6 Å². The molecule has 78 valence electrons. The summed E-state index contributed by atoms with van der Waals surface area (Å²) in [5.41, 5.74) is 13.1. The molecule has 2 unspecified atom stereocenters. The quantitative estimate of drug-likeness (QED) is 0.873. The van der Waals surface area contributed by atoms with Crippen molar-refractivity contribution in [2.75, 3.05) is 0 Å². The average molecular weight is 257 g/mol. The van der Waals surface area contributed by atoms with E-state index in [0.717, 1.165) is 10.0 Å². The molecule has 0 bridgehead atoms. The third-order valence-corrected chi connectivity index (χ3v) is 2.91. The van der Waals surface area contributed by atoms with E-state index in [0.29, 0.717) is 5.92 Å². The number of benzene rings is 1. The zero-order chi connectivity index (χ0) is 10.7. The van der Waals surface area contributed by atoms with E-state index in [1.54, 1.807) is 0 Å². The van der Waals surface area contributed by atoms with Crippen molar-refractivity contribution < 1.29 is 0 Å². The highest BCUT2D eigenvalue weighted by Crippen LogP contribution is 2.21. The van der Waals surface area contributed by atoms with Gasteiger partial charge in [0.15, 0.2) is 0 Å². The van der Waals surface area contributed by atoms with Gasteiger partial charge in [-0.1, -0.05) is 41.9 Å². The number of rotatable bonds is 3. The molecule has 0 aliphatic carbocycles. The van der Waals surface area contributed by atoms with Crippen LogP contribution in [-0.2, 0) is 0 Å². The molecule has 1 aromatic carbocycles. The average Bonchev–Trinajstić information content (AvgIpc) is 2.15. The van der Waals surface area contributed by atoms with E-state index >= 15 is 0 Å². The summed E-state index contributed by atoms with van der Waals surface area (Å²) in [6.45, 7) is 4.17. The highest BCUT2D eigenvalue weighted by Gasteiger charge is 2.18. The summed E-state index contributed by atoms with van der Waals surface area (Å²) >= 11 is 3.42. The molecule has 0 aromatic heterocycles. The Balaban J connectivity index is 2.83. The van der Waals surface area contributed by atoms with Gasteiger partial charge >= 0.3 is 0 Å². The van der Waals surface area contributed by atoms with Gasteiger partial charge in [0.1, 0.15) is 0 Å². The minimum absolute atomic E-state index is 0.00398. The van der Waals surface area contributed by atoms with Crippen LogP contribution in [0.25, 0.3) is 0 Å². The lowest BCUT2D eigenvalue weighted by Gasteiger charge is -2.23. The van der Waals surface area contributed by atoms with Gasteiger partial charge in [0.2, 0.25) is 0 Å². The summed E-state index contributed by atoms with van der Waals surface area (Å²) in [5, 5.41) is 0. The first-order valence-electron chi connectivity index (χ1n) is 4.79. The maximum Gasteiger partial charge on any atom is 0.0451 e. The molecule has 14 heavy (non-hydrogen) atoms. The van der Waals surface area contributed by atoms with E-state index < -0.39 is 0 Å². The SMILES string of the molecule is CC(C)C(N)C(N)c1cccc(Br)c1. The van der Waals surface area contributed by atoms with Crippen LogP contribution in [0.4, 0.5) is 0 Å². The fraction of sp³-hybridized carbons (Fsp3) is 0.455. The second-order valence-corrected chi connectivity index (χ2v) is 4.82. The molecule has 2 atom stereocenters. The second-order valence-electron chi connectivity index (χ2n) is 3.90. The van der Waals surface area contributed by atoms with Crippen LogP contribution in [0, 0.1) is 5.92 Å². The Hall–Kier alpha value is -0.380. The van der Waals surface area contributed by atoms with Crippen LogP contribution < -0.4 is 11.5 Å². The minimum atomic E-state index is -0.0903. The molecule has 2 nitrogen and oxygen atoms in total. The van der Waals surface area contributed by atoms with Gasteiger partial charge in [0.05, 0.1) is 0 Å². The number of nitrogens with two attached hydrogens (primary N) is 2. The molecule has 4 N–H and O–H groups in total. The molecule has 0 radical (unpaired) electrons. The lowest BCUT2D eigenvalue weighted by atomic mass is 9.93. The third-order valence-electron chi connectivity index (χ3n) is 2.42. The van der Waals surface area contributed by atoms with Crippen LogP contribution >= 0.6 is 15.9 Å². The van der Waals surface area contributed by atoms with Gasteiger partial charge in [-0.3, -0.25) is 0 Å². The van der Waals surface area contributed by atoms with Crippen LogP contribution in [0.3, 0.4) is 0 Å². The maximum atomic E-state index is 6.06. The van der Waals surface area contributed by atoms with E-state index in [9.17, 15) is 0 Å². The number of halogens is 1. The Kier molecular flexibility index (Phi) is 4.11. The topological polar surface area (TPSA) is 52.0 Å². The highest BCUT2D eigenvalue weighted by molar-refractivity contribution is 9.10. The van der Waals surface area contributed by atoms with Crippen molar-refractivity contribution in [3.8, 4) is 0 Å². The van der Waals surface area contributed by atoms with Crippen molar-refractivity contribution in [1.82, 2.24) is 0 Å². The summed E-state index contributed by atoms with van der Waals surface area (Å²) in [7, 11) is 0. The van der Waals surface area contributed by atoms with Crippen molar-refractivity contribution >= 4 is 15.9 Å². The normalized spacial score (nSPS) is 15.6. The molecule has 1 aromatic rings. The number of hydrogen-bond donors (Lipinski definition) is 2. The fourth-order valence-corrected chi connectivity index (χ4v) is 1.77. The standard InChI is InChI=1S/C11H17BrN2/c1-7(2)10(13)11(14)8-4-3-5-9(12)6-8/h3-7,10-11H,13-14H2,1-2H3. The molecule has 0 saturated carbocycles. The molecule has 3 heteroatoms. The predicted octanol–water partition coefficient (Wildman–Crippen LogP) is 2.43. The van der Waals surface area contributed by atoms with Crippen molar-refractivity contribution in [3.63, 3.8) is 0 Å². The molecule has 0 aliphatic heterocycles. The monoisotopic (exact) mass is 256 g/mol. The van der Waals surface area contributed by atoms with Crippen LogP contribution in [0.15, 0.2) is 28.7 Å². The smallest absolute Gasteiger partial charge is 0.0451 e. The Bertz CT molecular complexity index is 299. The van der Waals surface area contributed by atoms with Crippen LogP contribution in [0.1, 0.15) is 25.5 Å². The Morgan fingerprint density at radius 2 is 1.86 bits per heavy atom. The third kappa shape index (κ3) is 2.80. The summed E-state index contributed by atoms with van der Waals surface area (Å²) < 4.78 is 1.04. The maximum absolute atomic E-state index is 6.06. The first kappa shape index (κ1) is 11.7. The summed E-state index contributed by atoms with van der Waals surface area (Å²) in [6.07, 6.45) is 0. The predicted molar refractivity (Wildman–Crippen MR) is 63.9 cm³/mol. The van der Waals surface area contributed by atoms with Crippen molar-refractivity contribution in [3.05, 3.63) is 34.3 Å². The first-order chi connectivity index (χ1) is 6.52. The van der Waals surface area contributed by atoms with Gasteiger partial charge in [-0.25, -0.2) is 0 Å². The van der Waals surface area contributed by atoms with Crippen LogP contribution in [-0.4, -0.2) is 6.04 Å². The molecular formula is C11H17BrN2. The van der Waals surface area contributed by atoms with E-state index in [1.807, 2.05) is 24.3 Å². The zero-order valence-corrected chi connectivity index (χ0v) is 10.2. The largest absolute Gasteiger partial charge is 0.326 e. The summed E-state index contributed by atoms with van der Waals surface area (Å²) in [5.74, 6) is 0.393. The highest BCUT2D eigenvalue weighted by atomic mass is 79.9. The molecule has 0 spiro atoms. The first-order valence-corrected chi connectivity index (χ1v) is 5.58. The molecule has 0 fully saturated rings. The van der Waals surface area contributed by atoms with E-state index in [1.165, 1.54) is 0 Å². The molecule has 0 heterocycles. The van der Waals surface area contributed by atoms with Gasteiger partial charge in [-0.15, -0.1) is 0 Å². The lowest BCUT2D eigenvalue weighted by Crippen LogP contribution is -2.38. The Morgan fingerprint density at radius 3 is 2.36 bits per heavy atom. The van der Waals surface area contributed by atoms with Crippen molar-refractivity contribution in [2.45, 2.75) is 25.9 Å². The molecule has 0 amide bonds. The Morgan fingerprint density at radius 1 is 1.21 bits per heavy atom. The molecule has 1 rings (SSSR count). The molecule has 0 saturated heterocycles. The van der Waals surface area contributed by atoms with Crippen molar-refractivity contribution in [2.24, 2.45) is 17.4 Å².